The van der Waals surface area contributed by atoms with E-state index in [2.05, 4.69) is 26.7 Å². The zero-order valence-electron chi connectivity index (χ0n) is 20.8. The molecule has 0 bridgehead atoms. The van der Waals surface area contributed by atoms with Crippen LogP contribution in [0.4, 0.5) is 22.1 Å². The van der Waals surface area contributed by atoms with Crippen LogP contribution >= 0.6 is 0 Å². The molecule has 1 atom stereocenters. The van der Waals surface area contributed by atoms with Crippen LogP contribution in [-0.2, 0) is 27.2 Å². The molecule has 12 heteroatoms. The monoisotopic (exact) mass is 507 g/mol. The molecular formula is C25H29N7O5. The first-order valence-electron chi connectivity index (χ1n) is 12.0. The molecule has 2 aromatic heterocycles. The van der Waals surface area contributed by atoms with E-state index in [1.165, 1.54) is 11.1 Å². The summed E-state index contributed by atoms with van der Waals surface area (Å²) in [6, 6.07) is 5.02. The molecule has 1 unspecified atom stereocenters. The third kappa shape index (κ3) is 6.02. The largest absolute Gasteiger partial charge is 0.383 e. The molecule has 4 rings (SSSR count). The Hall–Kier alpha value is -4.08. The highest BCUT2D eigenvalue weighted by Crippen LogP contribution is 2.29. The van der Waals surface area contributed by atoms with E-state index >= 15 is 0 Å². The number of nitrogens with zero attached hydrogens (tertiary/aromatic N) is 5. The van der Waals surface area contributed by atoms with E-state index in [-0.39, 0.29) is 36.6 Å². The minimum absolute atomic E-state index is 0.0225. The van der Waals surface area contributed by atoms with Crippen molar-refractivity contribution in [2.24, 2.45) is 0 Å². The number of morpholine rings is 1. The Bertz CT molecular complexity index is 1230. The molecule has 2 aliphatic heterocycles. The maximum absolute atomic E-state index is 13.2. The summed E-state index contributed by atoms with van der Waals surface area (Å²) < 4.78 is 10.3. The van der Waals surface area contributed by atoms with Crippen LogP contribution in [-0.4, -0.2) is 79.2 Å². The van der Waals surface area contributed by atoms with Gasteiger partial charge < -0.3 is 19.7 Å². The van der Waals surface area contributed by atoms with E-state index in [1.807, 2.05) is 13.0 Å². The second-order valence-electron chi connectivity index (χ2n) is 8.91. The van der Waals surface area contributed by atoms with Gasteiger partial charge in [-0.05, 0) is 31.4 Å². The van der Waals surface area contributed by atoms with Gasteiger partial charge in [0, 0.05) is 50.6 Å². The van der Waals surface area contributed by atoms with Crippen LogP contribution in [0.25, 0.3) is 0 Å². The lowest BCUT2D eigenvalue weighted by Gasteiger charge is -2.30. The van der Waals surface area contributed by atoms with Crippen molar-refractivity contribution in [2.45, 2.75) is 32.4 Å². The molecule has 2 aliphatic rings. The molecule has 1 fully saturated rings. The quantitative estimate of drug-likeness (QED) is 0.511. The number of aromatic nitrogens is 2. The number of rotatable bonds is 8. The maximum atomic E-state index is 13.2. The van der Waals surface area contributed by atoms with E-state index in [0.29, 0.717) is 68.1 Å². The van der Waals surface area contributed by atoms with Crippen molar-refractivity contribution in [1.82, 2.24) is 14.9 Å². The zero-order valence-corrected chi connectivity index (χ0v) is 20.8. The number of nitrogens with one attached hydrogen (secondary N) is 2. The van der Waals surface area contributed by atoms with E-state index < -0.39 is 6.03 Å². The van der Waals surface area contributed by atoms with Crippen molar-refractivity contribution in [3.8, 4) is 6.07 Å². The molecule has 3 amide bonds. The number of aldehydes is 1. The lowest BCUT2D eigenvalue weighted by atomic mass is 10.0. The second kappa shape index (κ2) is 11.8. The average molecular weight is 508 g/mol. The van der Waals surface area contributed by atoms with Crippen LogP contribution in [0.2, 0.25) is 0 Å². The fraction of sp³-hybridized carbons (Fsp3) is 0.440. The molecule has 0 saturated carbocycles. The van der Waals surface area contributed by atoms with Crippen molar-refractivity contribution in [2.75, 3.05) is 55.6 Å². The summed E-state index contributed by atoms with van der Waals surface area (Å²) in [7, 11) is 1.59. The van der Waals surface area contributed by atoms with E-state index in [9.17, 15) is 19.6 Å². The van der Waals surface area contributed by atoms with Gasteiger partial charge in [0.05, 0.1) is 24.5 Å². The van der Waals surface area contributed by atoms with Crippen molar-refractivity contribution >= 4 is 35.5 Å². The molecule has 0 aliphatic carbocycles. The Morgan fingerprint density at radius 2 is 2.22 bits per heavy atom. The molecular weight excluding hydrogens is 478 g/mol. The molecule has 0 aromatic carbocycles. The maximum Gasteiger partial charge on any atom is 0.328 e. The second-order valence-corrected chi connectivity index (χ2v) is 8.91. The standard InChI is InChI=1S/C25H29N7O5/c1-16(14-36-2)28-20-9-22(27-11-19(20)10-26)30-25(35)32-5-3-4-17-8-18(21(13-33)29-24(17)32)12-31-6-7-37-15-23(31)34/h8-9,11,13,16H,3-7,12,14-15H2,1-2H3,(H2,27,28,30,35). The lowest BCUT2D eigenvalue weighted by Crippen LogP contribution is -2.42. The Balaban J connectivity index is 1.55. The number of hydrogen-bond acceptors (Lipinski definition) is 9. The molecule has 0 spiro atoms. The number of anilines is 3. The van der Waals surface area contributed by atoms with Crippen LogP contribution in [0.5, 0.6) is 0 Å². The Morgan fingerprint density at radius 3 is 2.95 bits per heavy atom. The number of aryl methyl sites for hydroxylation is 1. The third-order valence-corrected chi connectivity index (χ3v) is 6.15. The molecule has 4 heterocycles. The molecule has 1 saturated heterocycles. The predicted molar refractivity (Wildman–Crippen MR) is 134 cm³/mol. The number of amides is 3. The van der Waals surface area contributed by atoms with Crippen molar-refractivity contribution in [1.29, 1.82) is 5.26 Å². The zero-order chi connectivity index (χ0) is 26.4. The topological polar surface area (TPSA) is 150 Å². The van der Waals surface area contributed by atoms with Gasteiger partial charge in [-0.2, -0.15) is 5.26 Å². The number of methoxy groups -OCH3 is 1. The smallest absolute Gasteiger partial charge is 0.328 e. The molecule has 37 heavy (non-hydrogen) atoms. The summed E-state index contributed by atoms with van der Waals surface area (Å²) in [6.07, 6.45) is 3.44. The highest BCUT2D eigenvalue weighted by atomic mass is 16.5. The number of carbonyl (C=O) groups excluding carboxylic acids is 3. The summed E-state index contributed by atoms with van der Waals surface area (Å²) >= 11 is 0. The summed E-state index contributed by atoms with van der Waals surface area (Å²) in [5.74, 6) is 0.534. The van der Waals surface area contributed by atoms with Crippen LogP contribution in [0.1, 0.15) is 40.5 Å². The summed E-state index contributed by atoms with van der Waals surface area (Å²) in [4.78, 5) is 49.1. The highest BCUT2D eigenvalue weighted by Gasteiger charge is 2.28. The fourth-order valence-corrected chi connectivity index (χ4v) is 4.37. The van der Waals surface area contributed by atoms with Crippen molar-refractivity contribution in [3.63, 3.8) is 0 Å². The summed E-state index contributed by atoms with van der Waals surface area (Å²) in [6.45, 7) is 3.93. The minimum atomic E-state index is -0.450. The average Bonchev–Trinajstić information content (AvgIpc) is 2.89. The molecule has 2 aromatic rings. The normalized spacial score (nSPS) is 16.0. The first-order valence-corrected chi connectivity index (χ1v) is 12.0. The van der Waals surface area contributed by atoms with E-state index in [4.69, 9.17) is 9.47 Å². The predicted octanol–water partition coefficient (Wildman–Crippen LogP) is 1.95. The first kappa shape index (κ1) is 26.0. The molecule has 12 nitrogen and oxygen atoms in total. The van der Waals surface area contributed by atoms with Crippen LogP contribution in [0.15, 0.2) is 18.3 Å². The van der Waals surface area contributed by atoms with Crippen molar-refractivity contribution in [3.05, 3.63) is 40.7 Å². The number of pyridine rings is 2. The van der Waals surface area contributed by atoms with Gasteiger partial charge >= 0.3 is 6.03 Å². The van der Waals surface area contributed by atoms with Gasteiger partial charge in [-0.3, -0.25) is 19.8 Å². The highest BCUT2D eigenvalue weighted by molar-refractivity contribution is 6.02. The lowest BCUT2D eigenvalue weighted by molar-refractivity contribution is -0.143. The van der Waals surface area contributed by atoms with Gasteiger partial charge in [0.15, 0.2) is 6.29 Å². The Morgan fingerprint density at radius 1 is 1.38 bits per heavy atom. The van der Waals surface area contributed by atoms with Crippen LogP contribution in [0.3, 0.4) is 0 Å². The number of urea groups is 1. The number of fused-ring (bicyclic) bond motifs is 1. The SMILES string of the molecule is COCC(C)Nc1cc(NC(=O)N2CCCc3cc(CN4CCOCC4=O)c(C=O)nc32)ncc1C#N. The number of hydrogen-bond donors (Lipinski definition) is 2. The summed E-state index contributed by atoms with van der Waals surface area (Å²) in [5, 5.41) is 15.4. The van der Waals surface area contributed by atoms with Gasteiger partial charge in [-0.1, -0.05) is 0 Å². The third-order valence-electron chi connectivity index (χ3n) is 6.15. The van der Waals surface area contributed by atoms with Gasteiger partial charge in [0.1, 0.15) is 30.0 Å². The number of ether oxygens (including phenoxy) is 2. The number of carbonyl (C=O) groups is 3. The molecule has 194 valence electrons. The molecule has 2 N–H and O–H groups in total. The van der Waals surface area contributed by atoms with Gasteiger partial charge in [-0.15, -0.1) is 0 Å². The van der Waals surface area contributed by atoms with E-state index in [0.717, 1.165) is 5.56 Å². The van der Waals surface area contributed by atoms with Gasteiger partial charge in [0.2, 0.25) is 5.91 Å². The first-order chi connectivity index (χ1) is 17.9. The Labute approximate surface area is 214 Å². The summed E-state index contributed by atoms with van der Waals surface area (Å²) in [5.41, 5.74) is 2.52. The van der Waals surface area contributed by atoms with Crippen LogP contribution in [0, 0.1) is 11.3 Å². The fourth-order valence-electron chi connectivity index (χ4n) is 4.37. The molecule has 0 radical (unpaired) electrons. The van der Waals surface area contributed by atoms with Crippen molar-refractivity contribution < 1.29 is 23.9 Å². The Kier molecular flexibility index (Phi) is 8.27. The number of nitriles is 1. The minimum Gasteiger partial charge on any atom is -0.383 e. The van der Waals surface area contributed by atoms with Gasteiger partial charge in [0.25, 0.3) is 0 Å². The van der Waals surface area contributed by atoms with E-state index in [1.54, 1.807) is 18.1 Å². The van der Waals surface area contributed by atoms with Crippen LogP contribution < -0.4 is 15.5 Å². The van der Waals surface area contributed by atoms with Gasteiger partial charge in [-0.25, -0.2) is 14.8 Å².